The van der Waals surface area contributed by atoms with E-state index in [2.05, 4.69) is 74.7 Å². The van der Waals surface area contributed by atoms with Crippen LogP contribution in [0.4, 0.5) is 5.69 Å². The van der Waals surface area contributed by atoms with E-state index < -0.39 is 0 Å². The molecule has 0 spiro atoms. The lowest BCUT2D eigenvalue weighted by Crippen LogP contribution is -2.19. The molecule has 0 aliphatic carbocycles. The second-order valence-electron chi connectivity index (χ2n) is 5.66. The first kappa shape index (κ1) is 14.6. The fraction of sp³-hybridized carbons (Fsp3) is 0.333. The van der Waals surface area contributed by atoms with E-state index in [9.17, 15) is 0 Å². The van der Waals surface area contributed by atoms with Crippen LogP contribution in [0.3, 0.4) is 0 Å². The van der Waals surface area contributed by atoms with E-state index in [0.29, 0.717) is 5.92 Å². The summed E-state index contributed by atoms with van der Waals surface area (Å²) in [5, 5.41) is 3.19. The predicted molar refractivity (Wildman–Crippen MR) is 92.9 cm³/mol. The molecule has 1 aliphatic rings. The molecule has 0 bridgehead atoms. The van der Waals surface area contributed by atoms with E-state index in [1.54, 1.807) is 0 Å². The first-order chi connectivity index (χ1) is 10.3. The van der Waals surface area contributed by atoms with Crippen LogP contribution >= 0.6 is 15.9 Å². The summed E-state index contributed by atoms with van der Waals surface area (Å²) in [6.45, 7) is 3.14. The lowest BCUT2D eigenvalue weighted by atomic mass is 9.99. The normalized spacial score (nSPS) is 18.2. The molecule has 1 fully saturated rings. The zero-order chi connectivity index (χ0) is 14.7. The number of benzene rings is 2. The molecule has 1 aliphatic heterocycles. The highest BCUT2D eigenvalue weighted by Crippen LogP contribution is 2.34. The van der Waals surface area contributed by atoms with Crippen LogP contribution in [-0.4, -0.2) is 20.1 Å². The van der Waals surface area contributed by atoms with Crippen molar-refractivity contribution in [2.75, 3.05) is 25.0 Å². The van der Waals surface area contributed by atoms with Gasteiger partial charge in [-0.3, -0.25) is 0 Å². The maximum absolute atomic E-state index is 3.73. The highest BCUT2D eigenvalue weighted by atomic mass is 79.9. The quantitative estimate of drug-likeness (QED) is 0.895. The molecule has 1 unspecified atom stereocenters. The third kappa shape index (κ3) is 3.30. The molecule has 0 aromatic heterocycles. The molecule has 1 saturated heterocycles. The zero-order valence-electron chi connectivity index (χ0n) is 12.3. The van der Waals surface area contributed by atoms with Crippen molar-refractivity contribution in [1.82, 2.24) is 5.32 Å². The minimum atomic E-state index is 0.648. The van der Waals surface area contributed by atoms with Gasteiger partial charge in [-0.15, -0.1) is 0 Å². The minimum Gasteiger partial charge on any atom is -0.370 e. The molecule has 110 valence electrons. The predicted octanol–water partition coefficient (Wildman–Crippen LogP) is 4.16. The summed E-state index contributed by atoms with van der Waals surface area (Å²) in [5.41, 5.74) is 4.09. The highest BCUT2D eigenvalue weighted by molar-refractivity contribution is 9.10. The molecule has 2 aromatic rings. The van der Waals surface area contributed by atoms with Crippen LogP contribution in [0.2, 0.25) is 0 Å². The Morgan fingerprint density at radius 2 is 2.00 bits per heavy atom. The van der Waals surface area contributed by atoms with Gasteiger partial charge in [0.05, 0.1) is 5.69 Å². The molecule has 2 aromatic carbocycles. The summed E-state index contributed by atoms with van der Waals surface area (Å²) in [6, 6.07) is 17.5. The summed E-state index contributed by atoms with van der Waals surface area (Å²) in [6.07, 6.45) is 1.23. The molecular weight excluding hydrogens is 324 g/mol. The van der Waals surface area contributed by atoms with Crippen LogP contribution in [0.25, 0.3) is 0 Å². The van der Waals surface area contributed by atoms with E-state index in [4.69, 9.17) is 0 Å². The number of anilines is 1. The van der Waals surface area contributed by atoms with E-state index in [1.165, 1.54) is 27.7 Å². The zero-order valence-corrected chi connectivity index (χ0v) is 13.9. The summed E-state index contributed by atoms with van der Waals surface area (Å²) >= 11 is 3.73. The Morgan fingerprint density at radius 3 is 2.71 bits per heavy atom. The second kappa shape index (κ2) is 6.63. The molecule has 21 heavy (non-hydrogen) atoms. The number of rotatable bonds is 4. The Hall–Kier alpha value is -1.32. The number of nitrogens with zero attached hydrogens (tertiary/aromatic N) is 1. The van der Waals surface area contributed by atoms with Crippen LogP contribution < -0.4 is 10.2 Å². The van der Waals surface area contributed by atoms with Crippen molar-refractivity contribution < 1.29 is 0 Å². The Kier molecular flexibility index (Phi) is 4.61. The van der Waals surface area contributed by atoms with Gasteiger partial charge in [-0.05, 0) is 52.7 Å². The van der Waals surface area contributed by atoms with Gasteiger partial charge in [0.1, 0.15) is 0 Å². The van der Waals surface area contributed by atoms with Gasteiger partial charge in [0.2, 0.25) is 0 Å². The van der Waals surface area contributed by atoms with Gasteiger partial charge >= 0.3 is 0 Å². The van der Waals surface area contributed by atoms with Crippen molar-refractivity contribution in [3.05, 3.63) is 64.1 Å². The Balaban J connectivity index is 1.74. The van der Waals surface area contributed by atoms with Gasteiger partial charge in [0.15, 0.2) is 0 Å². The Bertz CT molecular complexity index is 597. The summed E-state index contributed by atoms with van der Waals surface area (Å²) < 4.78 is 1.20. The van der Waals surface area contributed by atoms with Crippen molar-refractivity contribution in [2.45, 2.75) is 18.9 Å². The summed E-state index contributed by atoms with van der Waals surface area (Å²) in [4.78, 5) is 2.49. The third-order valence-corrected chi connectivity index (χ3v) is 4.83. The number of halogens is 1. The molecule has 0 saturated carbocycles. The lowest BCUT2D eigenvalue weighted by Gasteiger charge is -2.21. The molecule has 2 nitrogen and oxygen atoms in total. The minimum absolute atomic E-state index is 0.648. The van der Waals surface area contributed by atoms with Gasteiger partial charge < -0.3 is 10.2 Å². The maximum Gasteiger partial charge on any atom is 0.0511 e. The highest BCUT2D eigenvalue weighted by Gasteiger charge is 2.24. The van der Waals surface area contributed by atoms with Gasteiger partial charge in [0, 0.05) is 30.0 Å². The molecule has 1 atom stereocenters. The Morgan fingerprint density at radius 1 is 1.19 bits per heavy atom. The first-order valence-electron chi connectivity index (χ1n) is 7.51. The average Bonchev–Trinajstić information content (AvgIpc) is 2.98. The van der Waals surface area contributed by atoms with Gasteiger partial charge in [-0.25, -0.2) is 0 Å². The van der Waals surface area contributed by atoms with E-state index in [-0.39, 0.29) is 0 Å². The molecule has 0 radical (unpaired) electrons. The van der Waals surface area contributed by atoms with E-state index in [0.717, 1.165) is 19.6 Å². The average molecular weight is 345 g/mol. The molecule has 3 rings (SSSR count). The van der Waals surface area contributed by atoms with Crippen molar-refractivity contribution in [3.63, 3.8) is 0 Å². The van der Waals surface area contributed by atoms with Gasteiger partial charge in [0.25, 0.3) is 0 Å². The Labute approximate surface area is 135 Å². The standard InChI is InChI=1S/C18H21BrN2/c1-20-12-14-7-8-18(17(19)11-14)21-10-9-16(13-21)15-5-3-2-4-6-15/h2-8,11,16,20H,9-10,12-13H2,1H3. The van der Waals surface area contributed by atoms with Crippen molar-refractivity contribution in [1.29, 1.82) is 0 Å². The van der Waals surface area contributed by atoms with Crippen molar-refractivity contribution in [3.8, 4) is 0 Å². The maximum atomic E-state index is 3.73. The van der Waals surface area contributed by atoms with Crippen molar-refractivity contribution >= 4 is 21.6 Å². The van der Waals surface area contributed by atoms with E-state index in [1.807, 2.05) is 7.05 Å². The van der Waals surface area contributed by atoms with E-state index >= 15 is 0 Å². The van der Waals surface area contributed by atoms with Crippen molar-refractivity contribution in [2.24, 2.45) is 0 Å². The third-order valence-electron chi connectivity index (χ3n) is 4.19. The summed E-state index contributed by atoms with van der Waals surface area (Å²) in [7, 11) is 1.98. The molecule has 1 heterocycles. The van der Waals surface area contributed by atoms with Gasteiger partial charge in [-0.1, -0.05) is 36.4 Å². The van der Waals surface area contributed by atoms with Crippen LogP contribution in [0.5, 0.6) is 0 Å². The first-order valence-corrected chi connectivity index (χ1v) is 8.30. The number of nitrogens with one attached hydrogen (secondary N) is 1. The molecular formula is C18H21BrN2. The van der Waals surface area contributed by atoms with Crippen LogP contribution in [0, 0.1) is 0 Å². The topological polar surface area (TPSA) is 15.3 Å². The van der Waals surface area contributed by atoms with Crippen LogP contribution in [0.15, 0.2) is 53.0 Å². The fourth-order valence-corrected chi connectivity index (χ4v) is 3.77. The lowest BCUT2D eigenvalue weighted by molar-refractivity contribution is 0.775. The summed E-state index contributed by atoms with van der Waals surface area (Å²) in [5.74, 6) is 0.648. The molecule has 0 amide bonds. The fourth-order valence-electron chi connectivity index (χ4n) is 3.10. The number of hydrogen-bond acceptors (Lipinski definition) is 2. The molecule has 3 heteroatoms. The largest absolute Gasteiger partial charge is 0.370 e. The number of hydrogen-bond donors (Lipinski definition) is 1. The van der Waals surface area contributed by atoms with Crippen LogP contribution in [0.1, 0.15) is 23.5 Å². The monoisotopic (exact) mass is 344 g/mol. The van der Waals surface area contributed by atoms with Gasteiger partial charge in [-0.2, -0.15) is 0 Å². The second-order valence-corrected chi connectivity index (χ2v) is 6.51. The molecule has 1 N–H and O–H groups in total. The van der Waals surface area contributed by atoms with Crippen LogP contribution in [-0.2, 0) is 6.54 Å². The smallest absolute Gasteiger partial charge is 0.0511 e. The SMILES string of the molecule is CNCc1ccc(N2CCC(c3ccccc3)C2)c(Br)c1.